The van der Waals surface area contributed by atoms with Crippen LogP contribution >= 0.6 is 0 Å². The van der Waals surface area contributed by atoms with Gasteiger partial charge in [-0.3, -0.25) is 0 Å². The molecule has 6 nitrogen and oxygen atoms in total. The Morgan fingerprint density at radius 3 is 1.42 bits per heavy atom. The average molecular weight is 272 g/mol. The third kappa shape index (κ3) is 6.88. The van der Waals surface area contributed by atoms with E-state index in [0.29, 0.717) is 6.42 Å². The van der Waals surface area contributed by atoms with Gasteiger partial charge in [0.1, 0.15) is 11.2 Å². The number of ether oxygens (including phenoxy) is 2. The van der Waals surface area contributed by atoms with E-state index in [2.05, 4.69) is 10.6 Å². The number of carbonyl (C=O) groups excluding carboxylic acids is 2. The van der Waals surface area contributed by atoms with Crippen LogP contribution in [0.25, 0.3) is 0 Å². The lowest BCUT2D eigenvalue weighted by Gasteiger charge is -2.20. The van der Waals surface area contributed by atoms with Crippen LogP contribution in [0.2, 0.25) is 0 Å². The summed E-state index contributed by atoms with van der Waals surface area (Å²) < 4.78 is 10.3. The number of amides is 2. The monoisotopic (exact) mass is 272 g/mol. The highest BCUT2D eigenvalue weighted by atomic mass is 16.6. The zero-order valence-electron chi connectivity index (χ0n) is 12.5. The van der Waals surface area contributed by atoms with E-state index < -0.39 is 23.4 Å². The van der Waals surface area contributed by atoms with E-state index in [1.807, 2.05) is 0 Å². The zero-order chi connectivity index (χ0) is 14.8. The highest BCUT2D eigenvalue weighted by Crippen LogP contribution is 2.22. The quantitative estimate of drug-likeness (QED) is 0.807. The highest BCUT2D eigenvalue weighted by Gasteiger charge is 2.41. The maximum Gasteiger partial charge on any atom is 0.407 e. The molecule has 2 amide bonds. The lowest BCUT2D eigenvalue weighted by atomic mass is 10.2. The molecule has 2 atom stereocenters. The molecule has 1 aliphatic carbocycles. The number of nitrogens with one attached hydrogen (secondary N) is 2. The van der Waals surface area contributed by atoms with Crippen LogP contribution < -0.4 is 10.6 Å². The topological polar surface area (TPSA) is 76.7 Å². The summed E-state index contributed by atoms with van der Waals surface area (Å²) in [7, 11) is 0. The van der Waals surface area contributed by atoms with Gasteiger partial charge in [0.15, 0.2) is 0 Å². The van der Waals surface area contributed by atoms with Crippen LogP contribution in [0, 0.1) is 0 Å². The first-order chi connectivity index (χ1) is 8.46. The molecule has 0 bridgehead atoms. The average Bonchev–Trinajstić information content (AvgIpc) is 2.74. The van der Waals surface area contributed by atoms with Gasteiger partial charge in [-0.05, 0) is 48.0 Å². The van der Waals surface area contributed by atoms with E-state index in [4.69, 9.17) is 9.47 Å². The van der Waals surface area contributed by atoms with E-state index >= 15 is 0 Å². The Labute approximate surface area is 114 Å². The molecule has 0 heterocycles. The Morgan fingerprint density at radius 2 is 1.16 bits per heavy atom. The maximum absolute atomic E-state index is 11.5. The minimum atomic E-state index is -0.521. The Balaban J connectivity index is 2.25. The molecule has 0 aliphatic heterocycles. The number of hydrogen-bond acceptors (Lipinski definition) is 4. The summed E-state index contributed by atoms with van der Waals surface area (Å²) in [6, 6.07) is -0.162. The summed E-state index contributed by atoms with van der Waals surface area (Å²) in [5, 5.41) is 5.39. The van der Waals surface area contributed by atoms with Crippen molar-refractivity contribution in [3.63, 3.8) is 0 Å². The Bertz CT molecular complexity index is 321. The summed E-state index contributed by atoms with van der Waals surface area (Å²) in [5.74, 6) is 0. The number of carbonyl (C=O) groups is 2. The molecule has 1 aliphatic rings. The van der Waals surface area contributed by atoms with Crippen molar-refractivity contribution in [2.75, 3.05) is 0 Å². The lowest BCUT2D eigenvalue weighted by Crippen LogP contribution is -2.39. The smallest absolute Gasteiger partial charge is 0.407 e. The van der Waals surface area contributed by atoms with Gasteiger partial charge in [0, 0.05) is 0 Å². The highest BCUT2D eigenvalue weighted by molar-refractivity contribution is 5.71. The second kappa shape index (κ2) is 5.27. The largest absolute Gasteiger partial charge is 0.444 e. The first kappa shape index (κ1) is 15.6. The van der Waals surface area contributed by atoms with Gasteiger partial charge < -0.3 is 20.1 Å². The van der Waals surface area contributed by atoms with Crippen molar-refractivity contribution in [1.29, 1.82) is 0 Å². The van der Waals surface area contributed by atoms with Gasteiger partial charge in [0.2, 0.25) is 0 Å². The Kier molecular flexibility index (Phi) is 4.32. The van der Waals surface area contributed by atoms with Gasteiger partial charge in [-0.2, -0.15) is 0 Å². The molecule has 1 unspecified atom stereocenters. The van der Waals surface area contributed by atoms with E-state index in [9.17, 15) is 9.59 Å². The van der Waals surface area contributed by atoms with Gasteiger partial charge in [-0.1, -0.05) is 0 Å². The normalized spacial score (nSPS) is 22.4. The molecule has 0 radical (unpaired) electrons. The zero-order valence-corrected chi connectivity index (χ0v) is 12.5. The van der Waals surface area contributed by atoms with E-state index in [1.165, 1.54) is 0 Å². The summed E-state index contributed by atoms with van der Waals surface area (Å²) in [6.45, 7) is 10.8. The third-order valence-corrected chi connectivity index (χ3v) is 2.19. The minimum absolute atomic E-state index is 0.0811. The molecule has 0 aromatic carbocycles. The van der Waals surface area contributed by atoms with E-state index in [-0.39, 0.29) is 12.1 Å². The van der Waals surface area contributed by atoms with Crippen molar-refractivity contribution in [3.8, 4) is 0 Å². The van der Waals surface area contributed by atoms with Crippen molar-refractivity contribution in [3.05, 3.63) is 0 Å². The second-order valence-corrected chi connectivity index (χ2v) is 6.74. The SMILES string of the molecule is CC(C)(C)OC(=O)NC1C[C@H]1NC(=O)OC(C)(C)C. The molecule has 2 N–H and O–H groups in total. The number of hydrogen-bond donors (Lipinski definition) is 2. The Morgan fingerprint density at radius 1 is 0.842 bits per heavy atom. The number of rotatable bonds is 2. The summed E-state index contributed by atoms with van der Waals surface area (Å²) in [6.07, 6.45) is -0.240. The van der Waals surface area contributed by atoms with Crippen LogP contribution in [0.5, 0.6) is 0 Å². The number of alkyl carbamates (subject to hydrolysis) is 2. The van der Waals surface area contributed by atoms with Crippen LogP contribution in [-0.4, -0.2) is 35.5 Å². The molecule has 1 fully saturated rings. The molecular weight excluding hydrogens is 248 g/mol. The van der Waals surface area contributed by atoms with Crippen LogP contribution in [0.15, 0.2) is 0 Å². The molecule has 6 heteroatoms. The molecule has 1 saturated carbocycles. The second-order valence-electron chi connectivity index (χ2n) is 6.74. The van der Waals surface area contributed by atoms with Gasteiger partial charge in [0.25, 0.3) is 0 Å². The summed E-state index contributed by atoms with van der Waals surface area (Å²) in [4.78, 5) is 23.0. The standard InChI is InChI=1S/C13H24N2O4/c1-12(2,3)18-10(16)14-8-7-9(8)15-11(17)19-13(4,5)6/h8-9H,7H2,1-6H3,(H,14,16)(H,15,17)/t8-,9?/m1/s1. The predicted molar refractivity (Wildman–Crippen MR) is 70.9 cm³/mol. The third-order valence-electron chi connectivity index (χ3n) is 2.19. The van der Waals surface area contributed by atoms with Crippen molar-refractivity contribution in [1.82, 2.24) is 10.6 Å². The van der Waals surface area contributed by atoms with Crippen molar-refractivity contribution in [2.45, 2.75) is 71.2 Å². The van der Waals surface area contributed by atoms with Gasteiger partial charge in [-0.15, -0.1) is 0 Å². The molecule has 1 rings (SSSR count). The van der Waals surface area contributed by atoms with Crippen LogP contribution in [0.4, 0.5) is 9.59 Å². The first-order valence-electron chi connectivity index (χ1n) is 6.45. The lowest BCUT2D eigenvalue weighted by molar-refractivity contribution is 0.0488. The fourth-order valence-electron chi connectivity index (χ4n) is 1.43. The summed E-state index contributed by atoms with van der Waals surface area (Å²) in [5.41, 5.74) is -1.04. The first-order valence-corrected chi connectivity index (χ1v) is 6.45. The molecule has 19 heavy (non-hydrogen) atoms. The molecule has 110 valence electrons. The van der Waals surface area contributed by atoms with Crippen LogP contribution in [-0.2, 0) is 9.47 Å². The van der Waals surface area contributed by atoms with Crippen LogP contribution in [0.3, 0.4) is 0 Å². The molecule has 0 saturated heterocycles. The maximum atomic E-state index is 11.5. The molecule has 0 spiro atoms. The molecule has 0 aromatic heterocycles. The van der Waals surface area contributed by atoms with Crippen molar-refractivity contribution in [2.24, 2.45) is 0 Å². The van der Waals surface area contributed by atoms with Gasteiger partial charge in [-0.25, -0.2) is 9.59 Å². The van der Waals surface area contributed by atoms with Gasteiger partial charge in [0.05, 0.1) is 12.1 Å². The molecule has 0 aromatic rings. The van der Waals surface area contributed by atoms with Crippen molar-refractivity contribution >= 4 is 12.2 Å². The fraction of sp³-hybridized carbons (Fsp3) is 0.846. The van der Waals surface area contributed by atoms with Crippen LogP contribution in [0.1, 0.15) is 48.0 Å². The van der Waals surface area contributed by atoms with E-state index in [0.717, 1.165) is 0 Å². The summed E-state index contributed by atoms with van der Waals surface area (Å²) >= 11 is 0. The molecular formula is C13H24N2O4. The minimum Gasteiger partial charge on any atom is -0.444 e. The predicted octanol–water partition coefficient (Wildman–Crippen LogP) is 2.18. The fourth-order valence-corrected chi connectivity index (χ4v) is 1.43. The van der Waals surface area contributed by atoms with Gasteiger partial charge >= 0.3 is 12.2 Å². The van der Waals surface area contributed by atoms with Crippen molar-refractivity contribution < 1.29 is 19.1 Å². The Hall–Kier alpha value is -1.46. The van der Waals surface area contributed by atoms with E-state index in [1.54, 1.807) is 41.5 Å².